The molecule has 0 saturated carbocycles. The van der Waals surface area contributed by atoms with E-state index >= 15 is 0 Å². The van der Waals surface area contributed by atoms with E-state index in [4.69, 9.17) is 51.1 Å². The standard InChI is InChI=1S/3C13H15ClN2.C12H14ClN3.C10H18N2.C8H14N2O.C8H14N2/c1-9(2)13-8-16(10(3)15-13)12-6-4-11(14)5-7-12;1-9(2)12-8-13(16(3)15-12)10-6-4-5-7-11(10)14;1-9(2)12-13(14)16(10(3)15-12)11-7-5-4-6-8-11;1-8(2)10-7-11(16(3)15-10)12-9(13)5-4-6-14-12;1-6-9-10(7(2)3)11-8(4)12(9)5;1-6(2)7-5-8(11-4)10(3)9-7;1-6(2)8-5-7(3)10(4)9-8/h3*4-9H,1-3H3;4-8H,1-3H3;7H,6H2,1-5H3;5-6H,1-4H3;5-6H,1-4H3. The van der Waals surface area contributed by atoms with Crippen LogP contribution in [-0.4, -0.2) is 79.9 Å². The summed E-state index contributed by atoms with van der Waals surface area (Å²) < 4.78 is 18.7. The third-order valence-corrected chi connectivity index (χ3v) is 17.3. The monoisotopic (exact) mass is 1400 g/mol. The lowest BCUT2D eigenvalue weighted by Gasteiger charge is -2.06. The van der Waals surface area contributed by atoms with E-state index in [2.05, 4.69) is 193 Å². The molecule has 0 spiro atoms. The number of methoxy groups -OCH3 is 1. The molecular formula is C77H105Cl4N15O. The van der Waals surface area contributed by atoms with Crippen LogP contribution in [0, 0.1) is 27.7 Å². The van der Waals surface area contributed by atoms with Crippen LogP contribution in [0.2, 0.25) is 20.2 Å². The third kappa shape index (κ3) is 22.1. The molecule has 0 unspecified atom stereocenters. The van der Waals surface area contributed by atoms with Gasteiger partial charge in [-0.3, -0.25) is 23.6 Å². The van der Waals surface area contributed by atoms with E-state index in [0.29, 0.717) is 46.4 Å². The molecule has 3 aromatic carbocycles. The lowest BCUT2D eigenvalue weighted by molar-refractivity contribution is 0.373. The first-order valence-electron chi connectivity index (χ1n) is 33.4. The lowest BCUT2D eigenvalue weighted by atomic mass is 10.1. The molecule has 8 aromatic heterocycles. The van der Waals surface area contributed by atoms with Crippen molar-refractivity contribution in [1.82, 2.24) is 72.8 Å². The Balaban J connectivity index is 0.000000206. The third-order valence-electron chi connectivity index (χ3n) is 16.0. The van der Waals surface area contributed by atoms with Crippen molar-refractivity contribution in [3.63, 3.8) is 0 Å². The summed E-state index contributed by atoms with van der Waals surface area (Å²) in [6.07, 6.45) is 4.90. The van der Waals surface area contributed by atoms with Gasteiger partial charge < -0.3 is 13.9 Å². The average Bonchev–Trinajstić information content (AvgIpc) is 1.70. The summed E-state index contributed by atoms with van der Waals surface area (Å²) in [5.74, 6) is 7.05. The molecular weight excluding hydrogens is 1290 g/mol. The molecule has 0 N–H and O–H groups in total. The molecule has 97 heavy (non-hydrogen) atoms. The Morgan fingerprint density at radius 3 is 1.36 bits per heavy atom. The van der Waals surface area contributed by atoms with E-state index in [0.717, 1.165) is 107 Å². The number of halogens is 4. The summed E-state index contributed by atoms with van der Waals surface area (Å²) in [4.78, 5) is 17.9. The Hall–Kier alpha value is -7.76. The van der Waals surface area contributed by atoms with Crippen molar-refractivity contribution in [2.75, 3.05) is 7.11 Å². The van der Waals surface area contributed by atoms with E-state index in [-0.39, 0.29) is 0 Å². The van der Waals surface area contributed by atoms with Crippen LogP contribution in [0.5, 0.6) is 5.88 Å². The Labute approximate surface area is 598 Å². The molecule has 0 aliphatic carbocycles. The topological polar surface area (TPSA) is 147 Å². The number of pyridine rings is 1. The number of rotatable bonds is 13. The Bertz CT molecular complexity index is 4080. The minimum Gasteiger partial charge on any atom is -0.481 e. The van der Waals surface area contributed by atoms with Crippen molar-refractivity contribution in [3.8, 4) is 39.9 Å². The number of imidazole rings is 3. The molecule has 11 aromatic rings. The number of benzene rings is 3. The summed E-state index contributed by atoms with van der Waals surface area (Å²) in [6, 6.07) is 37.6. The largest absolute Gasteiger partial charge is 0.481 e. The highest BCUT2D eigenvalue weighted by atomic mass is 35.5. The molecule has 20 heteroatoms. The molecule has 16 nitrogen and oxygen atoms in total. The fourth-order valence-electron chi connectivity index (χ4n) is 10.0. The number of para-hydroxylation sites is 1. The van der Waals surface area contributed by atoms with Gasteiger partial charge in [-0.25, -0.2) is 19.6 Å². The highest BCUT2D eigenvalue weighted by Gasteiger charge is 2.19. The van der Waals surface area contributed by atoms with Gasteiger partial charge in [0.1, 0.15) is 28.3 Å². The minimum absolute atomic E-state index is 0.344. The van der Waals surface area contributed by atoms with E-state index < -0.39 is 0 Å². The maximum absolute atomic E-state index is 6.36. The van der Waals surface area contributed by atoms with Crippen molar-refractivity contribution in [1.29, 1.82) is 0 Å². The van der Waals surface area contributed by atoms with Crippen molar-refractivity contribution in [2.24, 2.45) is 35.2 Å². The molecule has 8 heterocycles. The molecule has 522 valence electrons. The maximum Gasteiger partial charge on any atom is 0.211 e. The first-order chi connectivity index (χ1) is 45.7. The van der Waals surface area contributed by atoms with Crippen LogP contribution in [0.4, 0.5) is 0 Å². The highest BCUT2D eigenvalue weighted by Crippen LogP contribution is 2.32. The summed E-state index contributed by atoms with van der Waals surface area (Å²) >= 11 is 24.5. The van der Waals surface area contributed by atoms with E-state index in [1.54, 1.807) is 18.0 Å². The fourth-order valence-corrected chi connectivity index (χ4v) is 11.1. The van der Waals surface area contributed by atoms with Crippen LogP contribution in [0.15, 0.2) is 128 Å². The van der Waals surface area contributed by atoms with Crippen molar-refractivity contribution < 1.29 is 4.74 Å². The SMILES string of the molecule is CC(C)c1cc(-c2ccccc2Cl)n(C)n1.CC(C)c1cc(-c2ncccc2Cl)n(C)n1.CCc1c(C(C)C)nc(C)n1C.COc1cc(C(C)C)nn1C.Cc1cc(C(C)C)nn1C.Cc1nc(C(C)C)c(Cl)n1-c1ccccc1.Cc1nc(C(C)C)cn1-c1ccc(Cl)cc1. The first-order valence-corrected chi connectivity index (χ1v) is 34.9. The first kappa shape index (κ1) is 79.9. The molecule has 0 aliphatic heterocycles. The van der Waals surface area contributed by atoms with Gasteiger partial charge in [0.25, 0.3) is 0 Å². The number of hydrogen-bond acceptors (Lipinski definition) is 9. The van der Waals surface area contributed by atoms with E-state index in [1.165, 1.54) is 22.8 Å². The molecule has 0 atom stereocenters. The molecule has 0 aliphatic rings. The number of nitrogens with zero attached hydrogens (tertiary/aromatic N) is 15. The normalized spacial score (nSPS) is 11.0. The number of hydrogen-bond donors (Lipinski definition) is 0. The summed E-state index contributed by atoms with van der Waals surface area (Å²) in [5, 5.41) is 20.4. The van der Waals surface area contributed by atoms with Crippen molar-refractivity contribution in [2.45, 2.75) is 179 Å². The van der Waals surface area contributed by atoms with Crippen LogP contribution in [0.1, 0.15) is 214 Å². The second-order valence-corrected chi connectivity index (χ2v) is 27.7. The highest BCUT2D eigenvalue weighted by molar-refractivity contribution is 6.33. The minimum atomic E-state index is 0.344. The van der Waals surface area contributed by atoms with Crippen LogP contribution in [0.3, 0.4) is 0 Å². The van der Waals surface area contributed by atoms with Crippen molar-refractivity contribution >= 4 is 46.4 Å². The van der Waals surface area contributed by atoms with Gasteiger partial charge in [-0.2, -0.15) is 20.4 Å². The number of aromatic nitrogens is 15. The summed E-state index contributed by atoms with van der Waals surface area (Å²) in [5.41, 5.74) is 16.3. The Kier molecular flexibility index (Phi) is 30.7. The van der Waals surface area contributed by atoms with Gasteiger partial charge in [0.2, 0.25) is 5.88 Å². The molecule has 11 rings (SSSR count). The zero-order valence-electron chi connectivity index (χ0n) is 62.0. The van der Waals surface area contributed by atoms with Crippen molar-refractivity contribution in [3.05, 3.63) is 217 Å². The van der Waals surface area contributed by atoms with E-state index in [1.807, 2.05) is 164 Å². The second kappa shape index (κ2) is 37.3. The zero-order chi connectivity index (χ0) is 72.3. The zero-order valence-corrected chi connectivity index (χ0v) is 65.0. The number of aryl methyl sites for hydroxylation is 8. The van der Waals surface area contributed by atoms with Gasteiger partial charge in [0.15, 0.2) is 0 Å². The van der Waals surface area contributed by atoms with Gasteiger partial charge in [0, 0.05) is 92.1 Å². The molecule has 0 radical (unpaired) electrons. The van der Waals surface area contributed by atoms with Crippen LogP contribution in [0.25, 0.3) is 34.0 Å². The fraction of sp³-hybridized carbons (Fsp3) is 0.429. The van der Waals surface area contributed by atoms with Crippen LogP contribution >= 0.6 is 46.4 Å². The maximum atomic E-state index is 6.36. The van der Waals surface area contributed by atoms with E-state index in [9.17, 15) is 0 Å². The molecule has 0 saturated heterocycles. The Morgan fingerprint density at radius 2 is 0.928 bits per heavy atom. The number of ether oxygens (including phenoxy) is 1. The van der Waals surface area contributed by atoms with Gasteiger partial charge in [-0.1, -0.05) is 187 Å². The van der Waals surface area contributed by atoms with Gasteiger partial charge in [0.05, 0.1) is 63.4 Å². The molecule has 0 amide bonds. The second-order valence-electron chi connectivity index (χ2n) is 26.1. The van der Waals surface area contributed by atoms with Crippen LogP contribution in [-0.2, 0) is 41.7 Å². The smallest absolute Gasteiger partial charge is 0.211 e. The summed E-state index contributed by atoms with van der Waals surface area (Å²) in [7, 11) is 11.5. The van der Waals surface area contributed by atoms with Crippen LogP contribution < -0.4 is 4.74 Å². The lowest BCUT2D eigenvalue weighted by Crippen LogP contribution is -1.99. The average molecular weight is 1400 g/mol. The van der Waals surface area contributed by atoms with Gasteiger partial charge >= 0.3 is 0 Å². The van der Waals surface area contributed by atoms with Gasteiger partial charge in [-0.05, 0) is 148 Å². The molecule has 0 bridgehead atoms. The quantitative estimate of drug-likeness (QED) is 0.110. The predicted molar refractivity (Wildman–Crippen MR) is 405 cm³/mol. The predicted octanol–water partition coefficient (Wildman–Crippen LogP) is 20.9. The van der Waals surface area contributed by atoms with Gasteiger partial charge in [-0.15, -0.1) is 0 Å². The Morgan fingerprint density at radius 1 is 0.443 bits per heavy atom. The summed E-state index contributed by atoms with van der Waals surface area (Å²) in [6.45, 7) is 40.2. The molecule has 0 fully saturated rings.